The van der Waals surface area contributed by atoms with Gasteiger partial charge in [0.05, 0.1) is 8.41 Å². The molecule has 0 amide bonds. The minimum absolute atomic E-state index is 0. The molecule has 0 aromatic heterocycles. The van der Waals surface area contributed by atoms with E-state index in [-0.39, 0.29) is 101 Å². The Morgan fingerprint density at radius 3 is 1.00 bits per heavy atom. The van der Waals surface area contributed by atoms with Gasteiger partial charge in [0.25, 0.3) is 0 Å². The van der Waals surface area contributed by atoms with Gasteiger partial charge in [0.1, 0.15) is 0 Å². The maximum absolute atomic E-state index is 0. The van der Waals surface area contributed by atoms with Crippen molar-refractivity contribution < 1.29 is 73.9 Å². The number of hydrogen-bond donors (Lipinski definition) is 0. The predicted octanol–water partition coefficient (Wildman–Crippen LogP) is -2.01. The van der Waals surface area contributed by atoms with Gasteiger partial charge in [-0.1, -0.05) is 7.43 Å². The number of rotatable bonds is 0. The van der Waals surface area contributed by atoms with Crippen molar-refractivity contribution >= 4 is 19.4 Å². The van der Waals surface area contributed by atoms with E-state index in [4.69, 9.17) is 0 Å². The second-order valence-corrected chi connectivity index (χ2v) is 0. The molecule has 52 valence electrons. The molecule has 0 saturated heterocycles. The van der Waals surface area contributed by atoms with Crippen molar-refractivity contribution in [3.05, 3.63) is 0 Å². The van der Waals surface area contributed by atoms with Gasteiger partial charge >= 0.3 is 0 Å². The van der Waals surface area contributed by atoms with Crippen LogP contribution in [0.2, 0.25) is 0 Å². The molecule has 2 radical (unpaired) electrons. The molecule has 0 aromatic carbocycles. The Hall–Kier alpha value is 2.59. The summed E-state index contributed by atoms with van der Waals surface area (Å²) in [4.78, 5) is 0. The van der Waals surface area contributed by atoms with Crippen molar-refractivity contribution in [2.45, 2.75) is 7.43 Å². The fourth-order valence-electron chi connectivity index (χ4n) is 0. The van der Waals surface area contributed by atoms with E-state index in [1.807, 2.05) is 0 Å². The Labute approximate surface area is 99.5 Å². The quantitative estimate of drug-likeness (QED) is 0.452. The SMILES string of the molecule is B.C.[Cr].[Cu].[Fe].[Nb].[SiH4]. The summed E-state index contributed by atoms with van der Waals surface area (Å²) in [6, 6.07) is 0. The van der Waals surface area contributed by atoms with Gasteiger partial charge in [-0.05, 0) is 11.0 Å². The van der Waals surface area contributed by atoms with Crippen LogP contribution in [-0.2, 0) is 73.9 Å². The average Bonchev–Trinajstić information content (AvgIpc) is 0. The first kappa shape index (κ1) is 105. The second kappa shape index (κ2) is 73.7. The monoisotopic (exact) mass is 326 g/mol. The van der Waals surface area contributed by atoms with Gasteiger partial charge in [0, 0.05) is 73.9 Å². The van der Waals surface area contributed by atoms with Gasteiger partial charge in [-0.25, -0.2) is 0 Å². The van der Waals surface area contributed by atoms with Crippen LogP contribution in [0.15, 0.2) is 0 Å². The van der Waals surface area contributed by atoms with Crippen molar-refractivity contribution in [2.24, 2.45) is 0 Å². The molecule has 0 aliphatic heterocycles. The van der Waals surface area contributed by atoms with Gasteiger partial charge in [-0.3, -0.25) is 0 Å². The molecule has 6 heteroatoms. The molecule has 0 rings (SSSR count). The third-order valence-corrected chi connectivity index (χ3v) is 0. The molecule has 0 atom stereocenters. The topological polar surface area (TPSA) is 0 Å². The van der Waals surface area contributed by atoms with Gasteiger partial charge in [-0.2, -0.15) is 0 Å². The zero-order valence-corrected chi connectivity index (χ0v) is 7.03. The third kappa shape index (κ3) is 55.5. The fraction of sp³-hybridized carbons (Fsp3) is 1.00. The van der Waals surface area contributed by atoms with E-state index in [1.54, 1.807) is 0 Å². The summed E-state index contributed by atoms with van der Waals surface area (Å²) < 4.78 is 0. The van der Waals surface area contributed by atoms with Crippen molar-refractivity contribution in [2.75, 3.05) is 0 Å². The van der Waals surface area contributed by atoms with Crippen molar-refractivity contribution in [1.82, 2.24) is 0 Å². The molecule has 0 bridgehead atoms. The molecular formula is CH11BCrCuFeNbSi. The Morgan fingerprint density at radius 2 is 1.00 bits per heavy atom. The fourth-order valence-corrected chi connectivity index (χ4v) is 0. The maximum Gasteiger partial charge on any atom is 0.0814 e. The normalized spacial score (nSPS) is 0. The van der Waals surface area contributed by atoms with E-state index in [0.717, 1.165) is 0 Å². The first-order valence-electron chi connectivity index (χ1n) is 0. The van der Waals surface area contributed by atoms with Gasteiger partial charge < -0.3 is 0 Å². The molecule has 0 unspecified atom stereocenters. The third-order valence-electron chi connectivity index (χ3n) is 0. The molecule has 0 aliphatic rings. The minimum atomic E-state index is 0. The first-order chi connectivity index (χ1) is 0. The molecule has 7 heavy (non-hydrogen) atoms. The summed E-state index contributed by atoms with van der Waals surface area (Å²) in [7, 11) is 0. The van der Waals surface area contributed by atoms with Gasteiger partial charge in [0.15, 0.2) is 0 Å². The molecule has 0 spiro atoms. The van der Waals surface area contributed by atoms with E-state index in [9.17, 15) is 0 Å². The summed E-state index contributed by atoms with van der Waals surface area (Å²) in [6.45, 7) is 0. The standard InChI is InChI=1S/CH4.BH3.Cr.Cu.Fe.Nb.H4Si/h1H4;1H3;;;;;1H4. The van der Waals surface area contributed by atoms with E-state index in [0.29, 0.717) is 0 Å². The van der Waals surface area contributed by atoms with Crippen LogP contribution in [0.5, 0.6) is 0 Å². The van der Waals surface area contributed by atoms with Crippen molar-refractivity contribution in [1.29, 1.82) is 0 Å². The maximum atomic E-state index is 0. The molecule has 0 nitrogen and oxygen atoms in total. The van der Waals surface area contributed by atoms with E-state index in [1.165, 1.54) is 0 Å². The summed E-state index contributed by atoms with van der Waals surface area (Å²) >= 11 is 0. The van der Waals surface area contributed by atoms with Crippen LogP contribution in [0.4, 0.5) is 0 Å². The Morgan fingerprint density at radius 1 is 1.00 bits per heavy atom. The summed E-state index contributed by atoms with van der Waals surface area (Å²) in [6.07, 6.45) is 0. The smallest absolute Gasteiger partial charge is 0.0776 e. The molecule has 0 N–H and O–H groups in total. The van der Waals surface area contributed by atoms with Crippen LogP contribution in [-0.4, -0.2) is 19.4 Å². The molecule has 0 saturated carbocycles. The Balaban J connectivity index is 0. The molecule has 0 aromatic rings. The zero-order valence-electron chi connectivity index (χ0n) is 1.51. The Bertz CT molecular complexity index is 19.7. The van der Waals surface area contributed by atoms with Crippen LogP contribution in [0.1, 0.15) is 7.43 Å². The van der Waals surface area contributed by atoms with Gasteiger partial charge in [-0.15, -0.1) is 0 Å². The molecular weight excluding hydrogens is 315 g/mol. The van der Waals surface area contributed by atoms with E-state index in [2.05, 4.69) is 0 Å². The largest absolute Gasteiger partial charge is 0.0814 e. The second-order valence-electron chi connectivity index (χ2n) is 0. The van der Waals surface area contributed by atoms with Crippen LogP contribution in [0.3, 0.4) is 0 Å². The molecule has 0 aliphatic carbocycles. The Kier molecular flexibility index (Phi) is 1110. The van der Waals surface area contributed by atoms with E-state index < -0.39 is 0 Å². The van der Waals surface area contributed by atoms with Crippen LogP contribution >= 0.6 is 0 Å². The zero-order chi connectivity index (χ0) is 0. The summed E-state index contributed by atoms with van der Waals surface area (Å²) in [5.74, 6) is 0. The summed E-state index contributed by atoms with van der Waals surface area (Å²) in [5.41, 5.74) is 0. The summed E-state index contributed by atoms with van der Waals surface area (Å²) in [5, 5.41) is 0. The minimum Gasteiger partial charge on any atom is -0.0776 e. The molecule has 0 fully saturated rings. The van der Waals surface area contributed by atoms with Crippen LogP contribution in [0.25, 0.3) is 0 Å². The average molecular weight is 326 g/mol. The predicted molar refractivity (Wildman–Crippen MR) is 28.0 cm³/mol. The van der Waals surface area contributed by atoms with Crippen LogP contribution in [0, 0.1) is 0 Å². The van der Waals surface area contributed by atoms with Gasteiger partial charge in [0.2, 0.25) is 0 Å². The molecule has 0 heterocycles. The van der Waals surface area contributed by atoms with E-state index >= 15 is 0 Å². The van der Waals surface area contributed by atoms with Crippen molar-refractivity contribution in [3.63, 3.8) is 0 Å². The van der Waals surface area contributed by atoms with Crippen molar-refractivity contribution in [3.8, 4) is 0 Å². The van der Waals surface area contributed by atoms with Crippen LogP contribution < -0.4 is 0 Å². The number of hydrogen-bond acceptors (Lipinski definition) is 0. The first-order valence-corrected chi connectivity index (χ1v) is 0.